The molecule has 0 amide bonds. The molecule has 282 valence electrons. The molecule has 1 heterocycles. The van der Waals surface area contributed by atoms with E-state index in [0.29, 0.717) is 0 Å². The van der Waals surface area contributed by atoms with Gasteiger partial charge in [0.15, 0.2) is 0 Å². The Balaban J connectivity index is 0.000000230. The van der Waals surface area contributed by atoms with Crippen LogP contribution >= 0.6 is 0 Å². The van der Waals surface area contributed by atoms with E-state index in [1.165, 1.54) is 68.3 Å². The van der Waals surface area contributed by atoms with Gasteiger partial charge in [0.25, 0.3) is 0 Å². The highest BCUT2D eigenvalue weighted by Crippen LogP contribution is 2.41. The fraction of sp³-hybridized carbons (Fsp3) is 0.208. The summed E-state index contributed by atoms with van der Waals surface area (Å²) >= 11 is 0. The predicted molar refractivity (Wildman–Crippen MR) is 247 cm³/mol. The van der Waals surface area contributed by atoms with Gasteiger partial charge < -0.3 is 10.3 Å². The van der Waals surface area contributed by atoms with E-state index >= 15 is 0 Å². The van der Waals surface area contributed by atoms with Crippen LogP contribution in [0.1, 0.15) is 90.5 Å². The number of aromatic nitrogens is 1. The van der Waals surface area contributed by atoms with Crippen molar-refractivity contribution in [1.29, 1.82) is 0 Å². The van der Waals surface area contributed by atoms with E-state index in [4.69, 9.17) is 0 Å². The fourth-order valence-electron chi connectivity index (χ4n) is 6.89. The van der Waals surface area contributed by atoms with E-state index in [1.807, 2.05) is 34.6 Å². The number of aromatic amines is 1. The molecule has 4 aromatic carbocycles. The van der Waals surface area contributed by atoms with Crippen molar-refractivity contribution in [3.63, 3.8) is 0 Å². The van der Waals surface area contributed by atoms with E-state index in [1.54, 1.807) is 11.6 Å². The van der Waals surface area contributed by atoms with E-state index in [9.17, 15) is 0 Å². The van der Waals surface area contributed by atoms with Crippen molar-refractivity contribution in [2.75, 3.05) is 5.32 Å². The van der Waals surface area contributed by atoms with Gasteiger partial charge in [0.2, 0.25) is 0 Å². The van der Waals surface area contributed by atoms with Gasteiger partial charge in [-0.1, -0.05) is 144 Å². The molecule has 0 saturated carbocycles. The summed E-state index contributed by atoms with van der Waals surface area (Å²) in [5.74, 6) is 0. The molecule has 2 aliphatic rings. The Morgan fingerprint density at radius 2 is 1.47 bits per heavy atom. The normalized spacial score (nSPS) is 13.5. The molecule has 0 unspecified atom stereocenters. The van der Waals surface area contributed by atoms with Gasteiger partial charge in [0.1, 0.15) is 0 Å². The lowest BCUT2D eigenvalue weighted by Gasteiger charge is -2.12. The summed E-state index contributed by atoms with van der Waals surface area (Å²) in [6, 6.07) is 32.5. The zero-order valence-electron chi connectivity index (χ0n) is 34.4. The lowest BCUT2D eigenvalue weighted by molar-refractivity contribution is 1.04. The summed E-state index contributed by atoms with van der Waals surface area (Å²) in [6.07, 6.45) is 22.5. The molecule has 0 spiro atoms. The number of benzene rings is 4. The second kappa shape index (κ2) is 21.1. The Morgan fingerprint density at radius 3 is 2.11 bits per heavy atom. The Hall–Kier alpha value is -5.86. The molecular weight excluding hydrogens is 665 g/mol. The molecule has 1 aromatic heterocycles. The number of anilines is 2. The van der Waals surface area contributed by atoms with Gasteiger partial charge in [-0.15, -0.1) is 0 Å². The van der Waals surface area contributed by atoms with Crippen molar-refractivity contribution in [2.45, 2.75) is 74.7 Å². The van der Waals surface area contributed by atoms with Crippen LogP contribution in [0.25, 0.3) is 38.7 Å². The highest BCUT2D eigenvalue weighted by atomic mass is 14.9. The first-order chi connectivity index (χ1) is 26.9. The number of nitrogens with one attached hydrogen (secondary N) is 2. The third-order valence-corrected chi connectivity index (χ3v) is 9.78. The van der Waals surface area contributed by atoms with Crippen molar-refractivity contribution in [3.8, 4) is 11.3 Å². The quantitative estimate of drug-likeness (QED) is 0.146. The zero-order chi connectivity index (χ0) is 39.7. The number of rotatable bonds is 9. The third-order valence-electron chi connectivity index (χ3n) is 9.78. The van der Waals surface area contributed by atoms with Crippen molar-refractivity contribution >= 4 is 38.9 Å². The first kappa shape index (κ1) is 41.9. The minimum Gasteiger partial charge on any atom is -0.360 e. The molecule has 0 atom stereocenters. The highest BCUT2D eigenvalue weighted by Gasteiger charge is 2.22. The topological polar surface area (TPSA) is 27.8 Å². The highest BCUT2D eigenvalue weighted by molar-refractivity contribution is 5.96. The first-order valence-electron chi connectivity index (χ1n) is 19.9. The van der Waals surface area contributed by atoms with Gasteiger partial charge in [0.05, 0.1) is 5.69 Å². The van der Waals surface area contributed by atoms with E-state index in [0.717, 1.165) is 34.5 Å². The maximum absolute atomic E-state index is 4.02. The van der Waals surface area contributed by atoms with Crippen LogP contribution in [0.2, 0.25) is 0 Å². The summed E-state index contributed by atoms with van der Waals surface area (Å²) in [5.41, 5.74) is 17.6. The minimum absolute atomic E-state index is 0.905. The van der Waals surface area contributed by atoms with Crippen molar-refractivity contribution in [2.24, 2.45) is 0 Å². The Morgan fingerprint density at radius 1 is 0.800 bits per heavy atom. The smallest absolute Gasteiger partial charge is 0.0533 e. The maximum Gasteiger partial charge on any atom is 0.0533 e. The zero-order valence-corrected chi connectivity index (χ0v) is 34.4. The number of fused-ring (bicyclic) bond motifs is 3. The van der Waals surface area contributed by atoms with Gasteiger partial charge in [-0.25, -0.2) is 0 Å². The molecule has 0 radical (unpaired) electrons. The molecule has 2 heteroatoms. The van der Waals surface area contributed by atoms with Crippen LogP contribution in [0.4, 0.5) is 11.4 Å². The largest absolute Gasteiger partial charge is 0.360 e. The van der Waals surface area contributed by atoms with Gasteiger partial charge in [0, 0.05) is 23.0 Å². The number of H-pyrrole nitrogens is 1. The standard InChI is InChI=1S/C28H31N.C21H17N.2C2H6/c1-7-11-23(10-4)24-12-16-26(17-13-24)29-27-18-14-25(15-19-27)28(22(6)9-3)20-21(5)8-2;1-3-7-18-14(5-1)11-15-9-10-16(12-20(15)18)21-19-8-4-2-6-17(19)13-22-21;2*1-2/h7-20,29H,2,5H2,1,3-4,6H3;1-2,4-6,8-10,12-13,22H,3,7,11H2;2*1-2H3/b11-7-,22-9-,23-10+,28-20+;;;. The Bertz CT molecular complexity index is 2240. The molecular formula is C53H60N2. The molecule has 7 rings (SSSR count). The van der Waals surface area contributed by atoms with Crippen LogP contribution in [-0.2, 0) is 6.42 Å². The van der Waals surface area contributed by atoms with Gasteiger partial charge in [-0.2, -0.15) is 0 Å². The van der Waals surface area contributed by atoms with Crippen LogP contribution in [0.15, 0.2) is 176 Å². The average Bonchev–Trinajstić information content (AvgIpc) is 3.85. The minimum atomic E-state index is 0.905. The lowest BCUT2D eigenvalue weighted by atomic mass is 9.95. The third kappa shape index (κ3) is 10.4. The number of hydrogen-bond donors (Lipinski definition) is 2. The van der Waals surface area contributed by atoms with E-state index in [2.05, 4.69) is 184 Å². The van der Waals surface area contributed by atoms with Crippen molar-refractivity contribution in [3.05, 3.63) is 198 Å². The average molecular weight is 725 g/mol. The first-order valence-corrected chi connectivity index (χ1v) is 19.9. The molecule has 0 fully saturated rings. The molecule has 0 bridgehead atoms. The van der Waals surface area contributed by atoms with Crippen LogP contribution < -0.4 is 5.32 Å². The van der Waals surface area contributed by atoms with Gasteiger partial charge >= 0.3 is 0 Å². The van der Waals surface area contributed by atoms with Crippen LogP contribution in [-0.4, -0.2) is 4.98 Å². The molecule has 2 aliphatic carbocycles. The number of hydrogen-bond acceptors (Lipinski definition) is 1. The molecule has 55 heavy (non-hydrogen) atoms. The lowest BCUT2D eigenvalue weighted by Crippen LogP contribution is -1.93. The van der Waals surface area contributed by atoms with Crippen LogP contribution in [0, 0.1) is 0 Å². The molecule has 5 aromatic rings. The van der Waals surface area contributed by atoms with Gasteiger partial charge in [-0.3, -0.25) is 0 Å². The summed E-state index contributed by atoms with van der Waals surface area (Å²) in [6.45, 7) is 24.1. The number of allylic oxidation sites excluding steroid dienone is 14. The van der Waals surface area contributed by atoms with E-state index < -0.39 is 0 Å². The predicted octanol–water partition coefficient (Wildman–Crippen LogP) is 16.0. The molecule has 0 aliphatic heterocycles. The fourth-order valence-corrected chi connectivity index (χ4v) is 6.89. The second-order valence-corrected chi connectivity index (χ2v) is 13.1. The van der Waals surface area contributed by atoms with Crippen LogP contribution in [0.3, 0.4) is 0 Å². The molecule has 0 saturated heterocycles. The second-order valence-electron chi connectivity index (χ2n) is 13.1. The molecule has 2 N–H and O–H groups in total. The molecule has 2 nitrogen and oxygen atoms in total. The monoisotopic (exact) mass is 724 g/mol. The van der Waals surface area contributed by atoms with Gasteiger partial charge in [-0.05, 0) is 150 Å². The maximum atomic E-state index is 4.02. The Kier molecular flexibility index (Phi) is 16.1. The SMILES string of the molecule is C1=CC2=C(CC1)c1cc(-c3[nH]cc4ccccc34)ccc1C2.C=CC(=C)/C=C(\C(C)=C/C)c1ccc(Nc2ccc(C(/C=C\C)=C/C)cc2)cc1.CC.CC. The Labute approximate surface area is 331 Å². The van der Waals surface area contributed by atoms with Crippen molar-refractivity contribution < 1.29 is 0 Å². The summed E-state index contributed by atoms with van der Waals surface area (Å²) in [7, 11) is 0. The van der Waals surface area contributed by atoms with Crippen molar-refractivity contribution in [1.82, 2.24) is 4.98 Å². The summed E-state index contributed by atoms with van der Waals surface area (Å²) in [4.78, 5) is 3.46. The van der Waals surface area contributed by atoms with E-state index in [-0.39, 0.29) is 0 Å². The van der Waals surface area contributed by atoms with Crippen LogP contribution in [0.5, 0.6) is 0 Å². The summed E-state index contributed by atoms with van der Waals surface area (Å²) in [5, 5.41) is 6.06. The summed E-state index contributed by atoms with van der Waals surface area (Å²) < 4.78 is 0.